The number of aliphatic imine (C=N–C) groups is 1. The summed E-state index contributed by atoms with van der Waals surface area (Å²) in [5.74, 6) is -0.0178. The third kappa shape index (κ3) is 2.75. The molecule has 6 nitrogen and oxygen atoms in total. The number of hydrogen-bond donors (Lipinski definition) is 3. The summed E-state index contributed by atoms with van der Waals surface area (Å²) < 4.78 is 0. The quantitative estimate of drug-likeness (QED) is 0.335. The van der Waals surface area contributed by atoms with Crippen molar-refractivity contribution in [3.05, 3.63) is 29.6 Å². The molecule has 2 rings (SSSR count). The minimum absolute atomic E-state index is 0.0178. The van der Waals surface area contributed by atoms with Gasteiger partial charge >= 0.3 is 0 Å². The van der Waals surface area contributed by atoms with Crippen molar-refractivity contribution in [2.45, 2.75) is 0 Å². The average molecular weight is 258 g/mol. The van der Waals surface area contributed by atoms with Gasteiger partial charge in [-0.1, -0.05) is 12.1 Å². The lowest BCUT2D eigenvalue weighted by atomic mass is 10.1. The van der Waals surface area contributed by atoms with Crippen molar-refractivity contribution in [1.29, 1.82) is 5.26 Å². The van der Waals surface area contributed by atoms with E-state index in [1.807, 2.05) is 29.8 Å². The summed E-state index contributed by atoms with van der Waals surface area (Å²) in [5.41, 5.74) is 12.9. The van der Waals surface area contributed by atoms with Gasteiger partial charge in [-0.25, -0.2) is 4.98 Å². The van der Waals surface area contributed by atoms with Crippen LogP contribution < -0.4 is 16.8 Å². The van der Waals surface area contributed by atoms with Gasteiger partial charge in [-0.2, -0.15) is 10.3 Å². The number of guanidine groups is 1. The van der Waals surface area contributed by atoms with Crippen LogP contribution in [-0.2, 0) is 0 Å². The Morgan fingerprint density at radius 1 is 1.44 bits per heavy atom. The molecule has 7 heteroatoms. The summed E-state index contributed by atoms with van der Waals surface area (Å²) in [7, 11) is 0. The largest absolute Gasteiger partial charge is 0.370 e. The molecule has 0 aliphatic heterocycles. The Bertz CT molecular complexity index is 620. The molecule has 90 valence electrons. The molecule has 0 radical (unpaired) electrons. The normalized spacial score (nSPS) is 9.50. The Hall–Kier alpha value is -2.59. The van der Waals surface area contributed by atoms with Crippen molar-refractivity contribution in [2.24, 2.45) is 16.5 Å². The first-order valence-electron chi connectivity index (χ1n) is 5.00. The van der Waals surface area contributed by atoms with Crippen molar-refractivity contribution in [2.75, 3.05) is 5.32 Å². The molecule has 1 aromatic carbocycles. The average Bonchev–Trinajstić information content (AvgIpc) is 2.77. The predicted octanol–water partition coefficient (Wildman–Crippen LogP) is 1.61. The molecule has 2 aromatic rings. The highest BCUT2D eigenvalue weighted by atomic mass is 32.1. The highest BCUT2D eigenvalue weighted by Gasteiger charge is 2.04. The maximum absolute atomic E-state index is 8.56. The van der Waals surface area contributed by atoms with E-state index in [0.29, 0.717) is 10.8 Å². The predicted molar refractivity (Wildman–Crippen MR) is 72.3 cm³/mol. The van der Waals surface area contributed by atoms with E-state index in [4.69, 9.17) is 16.7 Å². The smallest absolute Gasteiger partial charge is 0.212 e. The fourth-order valence-electron chi connectivity index (χ4n) is 1.38. The van der Waals surface area contributed by atoms with Crippen LogP contribution in [0.3, 0.4) is 0 Å². The molecule has 0 bridgehead atoms. The summed E-state index contributed by atoms with van der Waals surface area (Å²) in [6.07, 6.45) is 1.87. The lowest BCUT2D eigenvalue weighted by Crippen LogP contribution is -2.21. The topological polar surface area (TPSA) is 113 Å². The number of aromatic nitrogens is 1. The van der Waals surface area contributed by atoms with Crippen LogP contribution in [0.5, 0.6) is 0 Å². The first kappa shape index (κ1) is 11.9. The molecule has 0 aliphatic carbocycles. The zero-order chi connectivity index (χ0) is 13.0. The van der Waals surface area contributed by atoms with Crippen molar-refractivity contribution in [3.63, 3.8) is 0 Å². The minimum Gasteiger partial charge on any atom is -0.370 e. The number of thiazole rings is 1. The van der Waals surface area contributed by atoms with Crippen molar-refractivity contribution < 1.29 is 0 Å². The zero-order valence-corrected chi connectivity index (χ0v) is 10.1. The molecule has 1 heterocycles. The fraction of sp³-hybridized carbons (Fsp3) is 0. The van der Waals surface area contributed by atoms with Crippen molar-refractivity contribution >= 4 is 28.1 Å². The molecule has 0 unspecified atom stereocenters. The molecular weight excluding hydrogens is 248 g/mol. The molecule has 1 aromatic heterocycles. The van der Waals surface area contributed by atoms with Gasteiger partial charge in [-0.3, -0.25) is 5.32 Å². The summed E-state index contributed by atoms with van der Waals surface area (Å²) in [5, 5.41) is 13.5. The first-order valence-corrected chi connectivity index (χ1v) is 5.87. The molecule has 0 amide bonds. The van der Waals surface area contributed by atoms with Crippen LogP contribution in [0.25, 0.3) is 11.3 Å². The second-order valence-electron chi connectivity index (χ2n) is 3.37. The monoisotopic (exact) mass is 258 g/mol. The third-order valence-electron chi connectivity index (χ3n) is 2.08. The molecule has 5 N–H and O–H groups in total. The maximum atomic E-state index is 8.56. The number of hydrogen-bond acceptors (Lipinski definition) is 5. The van der Waals surface area contributed by atoms with Gasteiger partial charge in [-0.05, 0) is 12.1 Å². The standard InChI is InChI=1S/C11H10N6S/c12-6-15-8-3-1-2-7(4-8)9-5-18-11(16-9)17-10(13)14/h1-5,15H,(H4,13,14,16,17). The molecule has 0 spiro atoms. The number of benzene rings is 1. The van der Waals surface area contributed by atoms with Crippen LogP contribution >= 0.6 is 11.3 Å². The van der Waals surface area contributed by atoms with Gasteiger partial charge < -0.3 is 11.5 Å². The number of anilines is 1. The summed E-state index contributed by atoms with van der Waals surface area (Å²) in [6, 6.07) is 7.37. The highest BCUT2D eigenvalue weighted by Crippen LogP contribution is 2.27. The Kier molecular flexibility index (Phi) is 3.41. The molecular formula is C11H10N6S. The van der Waals surface area contributed by atoms with Gasteiger partial charge in [0.2, 0.25) is 5.13 Å². The Labute approximate surface area is 108 Å². The molecule has 0 atom stereocenters. The number of nitriles is 1. The lowest BCUT2D eigenvalue weighted by molar-refractivity contribution is 1.33. The van der Waals surface area contributed by atoms with Crippen LogP contribution in [0.1, 0.15) is 0 Å². The highest BCUT2D eigenvalue weighted by molar-refractivity contribution is 7.13. The van der Waals surface area contributed by atoms with Crippen molar-refractivity contribution in [1.82, 2.24) is 4.98 Å². The van der Waals surface area contributed by atoms with Gasteiger partial charge in [-0.15, -0.1) is 11.3 Å². The second kappa shape index (κ2) is 5.16. The fourth-order valence-corrected chi connectivity index (χ4v) is 2.09. The van der Waals surface area contributed by atoms with Gasteiger partial charge in [0, 0.05) is 16.6 Å². The Morgan fingerprint density at radius 3 is 3.00 bits per heavy atom. The molecule has 0 saturated carbocycles. The van der Waals surface area contributed by atoms with Gasteiger partial charge in [0.15, 0.2) is 12.2 Å². The summed E-state index contributed by atoms with van der Waals surface area (Å²) in [6.45, 7) is 0. The van der Waals surface area contributed by atoms with E-state index in [1.165, 1.54) is 11.3 Å². The van der Waals surface area contributed by atoms with E-state index >= 15 is 0 Å². The van der Waals surface area contributed by atoms with Gasteiger partial charge in [0.25, 0.3) is 0 Å². The summed E-state index contributed by atoms with van der Waals surface area (Å²) >= 11 is 1.35. The first-order chi connectivity index (χ1) is 8.69. The van der Waals surface area contributed by atoms with E-state index < -0.39 is 0 Å². The van der Waals surface area contributed by atoms with E-state index in [-0.39, 0.29) is 5.96 Å². The maximum Gasteiger partial charge on any atom is 0.212 e. The van der Waals surface area contributed by atoms with Crippen LogP contribution in [0.15, 0.2) is 34.6 Å². The van der Waals surface area contributed by atoms with E-state index in [1.54, 1.807) is 6.07 Å². The molecule has 0 fully saturated rings. The minimum atomic E-state index is -0.0178. The van der Waals surface area contributed by atoms with E-state index in [9.17, 15) is 0 Å². The summed E-state index contributed by atoms with van der Waals surface area (Å²) in [4.78, 5) is 8.16. The SMILES string of the molecule is N#CNc1cccc(-c2csc(N=C(N)N)n2)c1. The molecule has 0 aliphatic rings. The van der Waals surface area contributed by atoms with Crippen LogP contribution in [-0.4, -0.2) is 10.9 Å². The number of rotatable bonds is 3. The van der Waals surface area contributed by atoms with Gasteiger partial charge in [0.05, 0.1) is 5.69 Å². The Balaban J connectivity index is 2.31. The van der Waals surface area contributed by atoms with E-state index in [2.05, 4.69) is 15.3 Å². The molecule has 0 saturated heterocycles. The van der Waals surface area contributed by atoms with Crippen LogP contribution in [0.2, 0.25) is 0 Å². The van der Waals surface area contributed by atoms with Crippen LogP contribution in [0, 0.1) is 11.5 Å². The van der Waals surface area contributed by atoms with Gasteiger partial charge in [0.1, 0.15) is 0 Å². The van der Waals surface area contributed by atoms with Crippen LogP contribution in [0.4, 0.5) is 10.8 Å². The number of nitrogens with one attached hydrogen (secondary N) is 1. The third-order valence-corrected chi connectivity index (χ3v) is 2.81. The van der Waals surface area contributed by atoms with Crippen molar-refractivity contribution in [3.8, 4) is 17.5 Å². The zero-order valence-electron chi connectivity index (χ0n) is 9.29. The molecule has 18 heavy (non-hydrogen) atoms. The van der Waals surface area contributed by atoms with E-state index in [0.717, 1.165) is 11.3 Å². The Morgan fingerprint density at radius 2 is 2.28 bits per heavy atom. The lowest BCUT2D eigenvalue weighted by Gasteiger charge is -2.00. The number of nitrogens with two attached hydrogens (primary N) is 2. The second-order valence-corrected chi connectivity index (χ2v) is 4.21. The number of nitrogens with zero attached hydrogens (tertiary/aromatic N) is 3.